The smallest absolute Gasteiger partial charge is 0.161 e. The van der Waals surface area contributed by atoms with Crippen molar-refractivity contribution in [1.82, 2.24) is 4.90 Å². The fraction of sp³-hybridized carbons (Fsp3) is 0.318. The number of carbonyl (C=O) groups is 1. The molecule has 0 aliphatic rings. The van der Waals surface area contributed by atoms with E-state index >= 15 is 0 Å². The molecule has 0 aliphatic carbocycles. The number of rotatable bonds is 11. The lowest BCUT2D eigenvalue weighted by Crippen LogP contribution is -2.35. The number of ether oxygens (including phenoxy) is 2. The number of methoxy groups -OCH3 is 1. The standard InChI is InChI=1S/C22H26FNO4/c1-4-11-24(13-18-7-5-6-8-20(18)23)14-19(26)15-28-21-10-9-17(16(2)25)12-22(21)27-3/h4-10,12,19,26H,1,11,13-15H2,2-3H3. The maximum Gasteiger partial charge on any atom is 0.161 e. The van der Waals surface area contributed by atoms with Crippen molar-refractivity contribution in [2.45, 2.75) is 19.6 Å². The van der Waals surface area contributed by atoms with Crippen LogP contribution >= 0.6 is 0 Å². The summed E-state index contributed by atoms with van der Waals surface area (Å²) in [6.07, 6.45) is 0.904. The number of Topliss-reactive ketones (excluding diaryl/α,β-unsaturated/α-hetero) is 1. The highest BCUT2D eigenvalue weighted by molar-refractivity contribution is 5.94. The number of carbonyl (C=O) groups excluding carboxylic acids is 1. The monoisotopic (exact) mass is 387 g/mol. The Morgan fingerprint density at radius 2 is 2.04 bits per heavy atom. The molecule has 1 unspecified atom stereocenters. The molecule has 1 atom stereocenters. The molecule has 0 saturated heterocycles. The molecule has 2 rings (SSSR count). The van der Waals surface area contributed by atoms with Crippen molar-refractivity contribution in [3.63, 3.8) is 0 Å². The predicted octanol–water partition coefficient (Wildman–Crippen LogP) is 3.46. The van der Waals surface area contributed by atoms with E-state index in [-0.39, 0.29) is 24.8 Å². The fourth-order valence-electron chi connectivity index (χ4n) is 2.80. The summed E-state index contributed by atoms with van der Waals surface area (Å²) in [5.41, 5.74) is 1.07. The first-order chi connectivity index (χ1) is 13.4. The molecule has 1 N–H and O–H groups in total. The number of halogens is 1. The number of hydrogen-bond acceptors (Lipinski definition) is 5. The number of benzene rings is 2. The molecule has 2 aromatic carbocycles. The Balaban J connectivity index is 1.97. The van der Waals surface area contributed by atoms with Gasteiger partial charge in [0.05, 0.1) is 7.11 Å². The quantitative estimate of drug-likeness (QED) is 0.473. The molecule has 0 aromatic heterocycles. The van der Waals surface area contributed by atoms with E-state index in [9.17, 15) is 14.3 Å². The molecule has 150 valence electrons. The molecule has 0 radical (unpaired) electrons. The molecule has 0 spiro atoms. The Labute approximate surface area is 165 Å². The summed E-state index contributed by atoms with van der Waals surface area (Å²) >= 11 is 0. The second kappa shape index (κ2) is 10.6. The summed E-state index contributed by atoms with van der Waals surface area (Å²) in [5, 5.41) is 10.4. The van der Waals surface area contributed by atoms with Crippen molar-refractivity contribution in [2.75, 3.05) is 26.8 Å². The zero-order valence-electron chi connectivity index (χ0n) is 16.2. The van der Waals surface area contributed by atoms with E-state index < -0.39 is 6.10 Å². The maximum absolute atomic E-state index is 13.9. The van der Waals surface area contributed by atoms with Crippen LogP contribution in [0, 0.1) is 5.82 Å². The van der Waals surface area contributed by atoms with Crippen LogP contribution in [-0.2, 0) is 6.54 Å². The zero-order valence-corrected chi connectivity index (χ0v) is 16.2. The van der Waals surface area contributed by atoms with E-state index in [4.69, 9.17) is 9.47 Å². The Morgan fingerprint density at radius 1 is 1.29 bits per heavy atom. The van der Waals surface area contributed by atoms with E-state index in [1.807, 2.05) is 4.90 Å². The Kier molecular flexibility index (Phi) is 8.17. The molecule has 28 heavy (non-hydrogen) atoms. The highest BCUT2D eigenvalue weighted by Gasteiger charge is 2.15. The number of nitrogens with zero attached hydrogens (tertiary/aromatic N) is 1. The Morgan fingerprint density at radius 3 is 2.68 bits per heavy atom. The molecule has 2 aromatic rings. The third kappa shape index (κ3) is 6.18. The molecule has 0 aliphatic heterocycles. The topological polar surface area (TPSA) is 59.0 Å². The van der Waals surface area contributed by atoms with Crippen LogP contribution in [0.15, 0.2) is 55.1 Å². The number of aliphatic hydroxyl groups excluding tert-OH is 1. The second-order valence-electron chi connectivity index (χ2n) is 6.46. The minimum atomic E-state index is -0.802. The summed E-state index contributed by atoms with van der Waals surface area (Å²) in [4.78, 5) is 13.4. The molecular weight excluding hydrogens is 361 g/mol. The van der Waals surface area contributed by atoms with Gasteiger partial charge >= 0.3 is 0 Å². The molecule has 0 fully saturated rings. The van der Waals surface area contributed by atoms with Crippen LogP contribution in [0.1, 0.15) is 22.8 Å². The van der Waals surface area contributed by atoms with Gasteiger partial charge in [0.2, 0.25) is 0 Å². The van der Waals surface area contributed by atoms with E-state index in [0.29, 0.717) is 35.7 Å². The number of aliphatic hydroxyl groups is 1. The fourth-order valence-corrected chi connectivity index (χ4v) is 2.80. The first-order valence-electron chi connectivity index (χ1n) is 9.01. The van der Waals surface area contributed by atoms with Crippen LogP contribution in [-0.4, -0.2) is 48.7 Å². The predicted molar refractivity (Wildman–Crippen MR) is 106 cm³/mol. The molecular formula is C22H26FNO4. The third-order valence-electron chi connectivity index (χ3n) is 4.21. The van der Waals surface area contributed by atoms with Gasteiger partial charge in [-0.15, -0.1) is 6.58 Å². The van der Waals surface area contributed by atoms with Crippen LogP contribution in [0.4, 0.5) is 4.39 Å². The average Bonchev–Trinajstić information content (AvgIpc) is 2.68. The summed E-state index contributed by atoms with van der Waals surface area (Å²) in [5.74, 6) is 0.515. The SMILES string of the molecule is C=CCN(Cc1ccccc1F)CC(O)COc1ccc(C(C)=O)cc1OC. The van der Waals surface area contributed by atoms with Gasteiger partial charge in [-0.2, -0.15) is 0 Å². The number of ketones is 1. The van der Waals surface area contributed by atoms with Gasteiger partial charge in [-0.3, -0.25) is 9.69 Å². The van der Waals surface area contributed by atoms with Crippen LogP contribution < -0.4 is 9.47 Å². The minimum absolute atomic E-state index is 0.0285. The summed E-state index contributed by atoms with van der Waals surface area (Å²) in [7, 11) is 1.49. The largest absolute Gasteiger partial charge is 0.493 e. The van der Waals surface area contributed by atoms with Crippen molar-refractivity contribution in [3.8, 4) is 11.5 Å². The maximum atomic E-state index is 13.9. The molecule has 0 amide bonds. The van der Waals surface area contributed by atoms with Crippen molar-refractivity contribution >= 4 is 5.78 Å². The van der Waals surface area contributed by atoms with E-state index in [1.165, 1.54) is 20.1 Å². The van der Waals surface area contributed by atoms with Gasteiger partial charge in [-0.1, -0.05) is 24.3 Å². The van der Waals surface area contributed by atoms with Crippen LogP contribution in [0.2, 0.25) is 0 Å². The molecule has 6 heteroatoms. The number of hydrogen-bond donors (Lipinski definition) is 1. The first kappa shape index (κ1) is 21.6. The van der Waals surface area contributed by atoms with E-state index in [2.05, 4.69) is 6.58 Å². The van der Waals surface area contributed by atoms with Gasteiger partial charge in [0.1, 0.15) is 18.5 Å². The molecule has 0 bridgehead atoms. The van der Waals surface area contributed by atoms with Crippen molar-refractivity contribution in [3.05, 3.63) is 72.1 Å². The van der Waals surface area contributed by atoms with Crippen LogP contribution in [0.5, 0.6) is 11.5 Å². The lowest BCUT2D eigenvalue weighted by molar-refractivity contribution is 0.0682. The summed E-state index contributed by atoms with van der Waals surface area (Å²) in [6.45, 7) is 6.36. The van der Waals surface area contributed by atoms with Crippen molar-refractivity contribution in [1.29, 1.82) is 0 Å². The molecule has 5 nitrogen and oxygen atoms in total. The molecule has 0 heterocycles. The Bertz CT molecular complexity index is 809. The van der Waals surface area contributed by atoms with Crippen LogP contribution in [0.25, 0.3) is 0 Å². The van der Waals surface area contributed by atoms with Gasteiger partial charge in [-0.05, 0) is 31.2 Å². The second-order valence-corrected chi connectivity index (χ2v) is 6.46. The van der Waals surface area contributed by atoms with Gasteiger partial charge in [0.15, 0.2) is 17.3 Å². The van der Waals surface area contributed by atoms with Gasteiger partial charge < -0.3 is 14.6 Å². The minimum Gasteiger partial charge on any atom is -0.493 e. The lowest BCUT2D eigenvalue weighted by Gasteiger charge is -2.24. The highest BCUT2D eigenvalue weighted by atomic mass is 19.1. The van der Waals surface area contributed by atoms with Gasteiger partial charge in [0, 0.05) is 30.8 Å². The van der Waals surface area contributed by atoms with Gasteiger partial charge in [-0.25, -0.2) is 4.39 Å². The van der Waals surface area contributed by atoms with Crippen LogP contribution in [0.3, 0.4) is 0 Å². The highest BCUT2D eigenvalue weighted by Crippen LogP contribution is 2.28. The Hall–Kier alpha value is -2.70. The van der Waals surface area contributed by atoms with E-state index in [1.54, 1.807) is 42.5 Å². The summed E-state index contributed by atoms with van der Waals surface area (Å²) < 4.78 is 24.8. The van der Waals surface area contributed by atoms with Crippen molar-refractivity contribution in [2.24, 2.45) is 0 Å². The normalized spacial score (nSPS) is 11.9. The molecule has 0 saturated carbocycles. The van der Waals surface area contributed by atoms with E-state index in [0.717, 1.165) is 0 Å². The average molecular weight is 387 g/mol. The van der Waals surface area contributed by atoms with Gasteiger partial charge in [0.25, 0.3) is 0 Å². The third-order valence-corrected chi connectivity index (χ3v) is 4.21. The first-order valence-corrected chi connectivity index (χ1v) is 9.01. The summed E-state index contributed by atoms with van der Waals surface area (Å²) in [6, 6.07) is 11.4. The zero-order chi connectivity index (χ0) is 20.5. The lowest BCUT2D eigenvalue weighted by atomic mass is 10.1. The van der Waals surface area contributed by atoms with Crippen molar-refractivity contribution < 1.29 is 23.8 Å².